The zero-order valence-corrected chi connectivity index (χ0v) is 11.4. The number of nitrogens with zero attached hydrogens (tertiary/aromatic N) is 1. The second-order valence-corrected chi connectivity index (χ2v) is 5.34. The Labute approximate surface area is 114 Å². The van der Waals surface area contributed by atoms with E-state index in [9.17, 15) is 9.50 Å². The van der Waals surface area contributed by atoms with Crippen molar-refractivity contribution in [2.24, 2.45) is 0 Å². The largest absolute Gasteiger partial charge is 0.393 e. The molecule has 96 valence electrons. The second-order valence-electron chi connectivity index (χ2n) is 4.55. The minimum absolute atomic E-state index is 0.183. The van der Waals surface area contributed by atoms with Crippen molar-refractivity contribution in [3.8, 4) is 6.07 Å². The van der Waals surface area contributed by atoms with E-state index in [0.717, 1.165) is 25.7 Å². The van der Waals surface area contributed by atoms with Crippen LogP contribution in [0.3, 0.4) is 0 Å². The number of aliphatic hydroxyl groups is 1. The van der Waals surface area contributed by atoms with Gasteiger partial charge in [0.05, 0.1) is 21.8 Å². The van der Waals surface area contributed by atoms with E-state index >= 15 is 0 Å². The topological polar surface area (TPSA) is 56.0 Å². The van der Waals surface area contributed by atoms with E-state index in [1.54, 1.807) is 12.1 Å². The minimum atomic E-state index is -0.430. The van der Waals surface area contributed by atoms with Gasteiger partial charge in [-0.25, -0.2) is 4.39 Å². The van der Waals surface area contributed by atoms with Gasteiger partial charge >= 0.3 is 0 Å². The standard InChI is InChI=1S/C13H14BrFN2O/c14-12-8(7-16)1-6-11(13(12)15)17-9-2-4-10(18)5-3-9/h1,6,9-10,17-18H,2-5H2. The molecule has 0 heterocycles. The van der Waals surface area contributed by atoms with E-state index in [1.165, 1.54) is 0 Å². The summed E-state index contributed by atoms with van der Waals surface area (Å²) in [5.41, 5.74) is 0.694. The quantitative estimate of drug-likeness (QED) is 0.882. The summed E-state index contributed by atoms with van der Waals surface area (Å²) in [6.45, 7) is 0. The number of hydrogen-bond donors (Lipinski definition) is 2. The Hall–Kier alpha value is -1.12. The Kier molecular flexibility index (Phi) is 4.20. The summed E-state index contributed by atoms with van der Waals surface area (Å²) in [7, 11) is 0. The Morgan fingerprint density at radius 1 is 1.33 bits per heavy atom. The van der Waals surface area contributed by atoms with Gasteiger partial charge < -0.3 is 10.4 Å². The molecule has 0 saturated heterocycles. The average molecular weight is 313 g/mol. The molecule has 5 heteroatoms. The van der Waals surface area contributed by atoms with Gasteiger partial charge in [-0.3, -0.25) is 0 Å². The van der Waals surface area contributed by atoms with Crippen LogP contribution < -0.4 is 5.32 Å². The molecule has 2 rings (SSSR count). The molecule has 1 fully saturated rings. The summed E-state index contributed by atoms with van der Waals surface area (Å²) in [4.78, 5) is 0. The normalized spacial score (nSPS) is 23.4. The second kappa shape index (κ2) is 5.68. The molecule has 2 N–H and O–H groups in total. The van der Waals surface area contributed by atoms with E-state index < -0.39 is 5.82 Å². The summed E-state index contributed by atoms with van der Waals surface area (Å²) in [5, 5.41) is 21.3. The van der Waals surface area contributed by atoms with Crippen LogP contribution >= 0.6 is 15.9 Å². The lowest BCUT2D eigenvalue weighted by molar-refractivity contribution is 0.126. The van der Waals surface area contributed by atoms with Crippen LogP contribution in [0.4, 0.5) is 10.1 Å². The Morgan fingerprint density at radius 3 is 2.61 bits per heavy atom. The van der Waals surface area contributed by atoms with E-state index in [1.807, 2.05) is 6.07 Å². The van der Waals surface area contributed by atoms with Crippen LogP contribution in [-0.4, -0.2) is 17.3 Å². The molecular weight excluding hydrogens is 299 g/mol. The number of halogens is 2. The molecule has 1 aromatic rings. The van der Waals surface area contributed by atoms with Crippen molar-refractivity contribution in [1.29, 1.82) is 5.26 Å². The number of nitriles is 1. The number of anilines is 1. The van der Waals surface area contributed by atoms with Crippen molar-refractivity contribution < 1.29 is 9.50 Å². The van der Waals surface area contributed by atoms with Crippen LogP contribution in [0, 0.1) is 17.1 Å². The van der Waals surface area contributed by atoms with Gasteiger partial charge in [-0.05, 0) is 53.7 Å². The van der Waals surface area contributed by atoms with Gasteiger partial charge in [-0.15, -0.1) is 0 Å². The number of rotatable bonds is 2. The minimum Gasteiger partial charge on any atom is -0.393 e. The fourth-order valence-electron chi connectivity index (χ4n) is 2.19. The van der Waals surface area contributed by atoms with Gasteiger partial charge in [-0.2, -0.15) is 5.26 Å². The van der Waals surface area contributed by atoms with Crippen molar-refractivity contribution >= 4 is 21.6 Å². The lowest BCUT2D eigenvalue weighted by atomic mass is 9.93. The highest BCUT2D eigenvalue weighted by Crippen LogP contribution is 2.29. The van der Waals surface area contributed by atoms with Crippen molar-refractivity contribution in [3.05, 3.63) is 28.0 Å². The highest BCUT2D eigenvalue weighted by Gasteiger charge is 2.20. The third kappa shape index (κ3) is 2.82. The van der Waals surface area contributed by atoms with Crippen molar-refractivity contribution in [3.63, 3.8) is 0 Å². The van der Waals surface area contributed by atoms with Gasteiger partial charge in [0.15, 0.2) is 5.82 Å². The van der Waals surface area contributed by atoms with Crippen LogP contribution in [0.5, 0.6) is 0 Å². The van der Waals surface area contributed by atoms with Gasteiger partial charge in [0.25, 0.3) is 0 Å². The molecule has 0 amide bonds. The third-order valence-electron chi connectivity index (χ3n) is 3.26. The van der Waals surface area contributed by atoms with E-state index in [4.69, 9.17) is 5.26 Å². The zero-order valence-electron chi connectivity index (χ0n) is 9.79. The van der Waals surface area contributed by atoms with E-state index in [2.05, 4.69) is 21.2 Å². The molecule has 1 aliphatic rings. The molecule has 0 radical (unpaired) electrons. The summed E-state index contributed by atoms with van der Waals surface area (Å²) in [5.74, 6) is -0.430. The summed E-state index contributed by atoms with van der Waals surface area (Å²) < 4.78 is 14.2. The lowest BCUT2D eigenvalue weighted by Gasteiger charge is -2.27. The van der Waals surface area contributed by atoms with Crippen LogP contribution in [0.15, 0.2) is 16.6 Å². The maximum absolute atomic E-state index is 14.0. The molecule has 0 aliphatic heterocycles. The van der Waals surface area contributed by atoms with E-state index in [-0.39, 0.29) is 22.2 Å². The molecule has 0 spiro atoms. The number of hydrogen-bond acceptors (Lipinski definition) is 3. The molecule has 0 aromatic heterocycles. The molecule has 1 aromatic carbocycles. The molecule has 0 unspecified atom stereocenters. The highest BCUT2D eigenvalue weighted by atomic mass is 79.9. The van der Waals surface area contributed by atoms with Crippen molar-refractivity contribution in [2.45, 2.75) is 37.8 Å². The predicted octanol–water partition coefficient (Wildman–Crippen LogP) is 3.18. The van der Waals surface area contributed by atoms with Crippen LogP contribution in [-0.2, 0) is 0 Å². The smallest absolute Gasteiger partial charge is 0.161 e. The predicted molar refractivity (Wildman–Crippen MR) is 70.7 cm³/mol. The van der Waals surface area contributed by atoms with Gasteiger partial charge in [0.2, 0.25) is 0 Å². The first kappa shape index (κ1) is 13.3. The van der Waals surface area contributed by atoms with Gasteiger partial charge in [0, 0.05) is 6.04 Å². The number of nitrogens with one attached hydrogen (secondary N) is 1. The van der Waals surface area contributed by atoms with Crippen molar-refractivity contribution in [2.75, 3.05) is 5.32 Å². The Bertz CT molecular complexity index is 479. The monoisotopic (exact) mass is 312 g/mol. The fraction of sp³-hybridized carbons (Fsp3) is 0.462. The first-order valence-corrected chi connectivity index (χ1v) is 6.74. The van der Waals surface area contributed by atoms with Crippen LogP contribution in [0.25, 0.3) is 0 Å². The van der Waals surface area contributed by atoms with E-state index in [0.29, 0.717) is 5.69 Å². The summed E-state index contributed by atoms with van der Waals surface area (Å²) in [6, 6.07) is 5.29. The first-order chi connectivity index (χ1) is 8.61. The Morgan fingerprint density at radius 2 is 2.00 bits per heavy atom. The fourth-order valence-corrected chi connectivity index (χ4v) is 2.62. The third-order valence-corrected chi connectivity index (χ3v) is 4.03. The molecule has 0 bridgehead atoms. The van der Waals surface area contributed by atoms with Gasteiger partial charge in [-0.1, -0.05) is 0 Å². The van der Waals surface area contributed by atoms with Crippen LogP contribution in [0.2, 0.25) is 0 Å². The lowest BCUT2D eigenvalue weighted by Crippen LogP contribution is -2.28. The molecular formula is C13H14BrFN2O. The number of aliphatic hydroxyl groups excluding tert-OH is 1. The van der Waals surface area contributed by atoms with Crippen molar-refractivity contribution in [1.82, 2.24) is 0 Å². The average Bonchev–Trinajstić information content (AvgIpc) is 2.38. The first-order valence-electron chi connectivity index (χ1n) is 5.94. The summed E-state index contributed by atoms with van der Waals surface area (Å²) in [6.07, 6.45) is 2.94. The molecule has 1 aliphatic carbocycles. The van der Waals surface area contributed by atoms with Gasteiger partial charge in [0.1, 0.15) is 6.07 Å². The Balaban J connectivity index is 2.11. The highest BCUT2D eigenvalue weighted by molar-refractivity contribution is 9.10. The maximum Gasteiger partial charge on any atom is 0.161 e. The molecule has 3 nitrogen and oxygen atoms in total. The summed E-state index contributed by atoms with van der Waals surface area (Å²) >= 11 is 3.09. The molecule has 0 atom stereocenters. The zero-order chi connectivity index (χ0) is 13.1. The molecule has 1 saturated carbocycles. The number of benzene rings is 1. The maximum atomic E-state index is 14.0. The van der Waals surface area contributed by atoms with Crippen LogP contribution in [0.1, 0.15) is 31.2 Å². The molecule has 18 heavy (non-hydrogen) atoms. The SMILES string of the molecule is N#Cc1ccc(NC2CCC(O)CC2)c(F)c1Br.